The summed E-state index contributed by atoms with van der Waals surface area (Å²) < 4.78 is 1.43. The quantitative estimate of drug-likeness (QED) is 0.735. The Morgan fingerprint density at radius 3 is 2.55 bits per heavy atom. The predicted molar refractivity (Wildman–Crippen MR) is 108 cm³/mol. The van der Waals surface area contributed by atoms with Gasteiger partial charge in [-0.15, -0.1) is 10.2 Å². The molecule has 3 aromatic rings. The highest BCUT2D eigenvalue weighted by atomic mass is 16.2. The van der Waals surface area contributed by atoms with E-state index >= 15 is 0 Å². The number of nitrogens with zero attached hydrogens (tertiary/aromatic N) is 5. The second kappa shape index (κ2) is 7.98. The van der Waals surface area contributed by atoms with Crippen LogP contribution < -0.4 is 10.9 Å². The Balaban J connectivity index is 1.38. The van der Waals surface area contributed by atoms with Crippen molar-refractivity contribution in [3.63, 3.8) is 0 Å². The fourth-order valence-corrected chi connectivity index (χ4v) is 3.79. The number of aryl methyl sites for hydroxylation is 2. The zero-order valence-electron chi connectivity index (χ0n) is 16.6. The highest BCUT2D eigenvalue weighted by Crippen LogP contribution is 2.28. The van der Waals surface area contributed by atoms with E-state index in [2.05, 4.69) is 20.7 Å². The molecule has 150 valence electrons. The molecule has 1 N–H and O–H groups in total. The van der Waals surface area contributed by atoms with E-state index < -0.39 is 0 Å². The molecule has 1 fully saturated rings. The first-order valence-electron chi connectivity index (χ1n) is 9.85. The van der Waals surface area contributed by atoms with Gasteiger partial charge < -0.3 is 9.88 Å². The average Bonchev–Trinajstić information content (AvgIpc) is 3.23. The number of rotatable bonds is 4. The predicted octanol–water partition coefficient (Wildman–Crippen LogP) is 2.26. The number of aromatic nitrogens is 5. The first-order valence-corrected chi connectivity index (χ1v) is 9.85. The number of hydrogen-bond donors (Lipinski definition) is 1. The van der Waals surface area contributed by atoms with Crippen LogP contribution in [0.3, 0.4) is 0 Å². The van der Waals surface area contributed by atoms with Gasteiger partial charge in [0.15, 0.2) is 0 Å². The molecule has 1 amide bonds. The molecule has 0 atom stereocenters. The minimum Gasteiger partial charge on any atom is -0.349 e. The van der Waals surface area contributed by atoms with Crippen LogP contribution in [0.4, 0.5) is 0 Å². The maximum absolute atomic E-state index is 12.7. The third-order valence-corrected chi connectivity index (χ3v) is 5.52. The van der Waals surface area contributed by atoms with Gasteiger partial charge in [0.25, 0.3) is 11.5 Å². The number of carbonyl (C=O) groups excluding carboxylic acids is 1. The molecule has 8 nitrogen and oxygen atoms in total. The molecule has 1 aromatic carbocycles. The van der Waals surface area contributed by atoms with Crippen LogP contribution >= 0.6 is 0 Å². The second-order valence-electron chi connectivity index (χ2n) is 7.57. The first-order chi connectivity index (χ1) is 14.0. The van der Waals surface area contributed by atoms with Crippen LogP contribution in [-0.4, -0.2) is 36.7 Å². The Hall–Kier alpha value is -3.29. The summed E-state index contributed by atoms with van der Waals surface area (Å²) in [5.74, 6) is 0.328. The van der Waals surface area contributed by atoms with Crippen LogP contribution in [0, 0.1) is 6.92 Å². The van der Waals surface area contributed by atoms with Gasteiger partial charge in [0.2, 0.25) is 5.82 Å². The molecule has 2 aromatic heterocycles. The average molecular weight is 392 g/mol. The van der Waals surface area contributed by atoms with Crippen molar-refractivity contribution in [2.75, 3.05) is 0 Å². The van der Waals surface area contributed by atoms with E-state index in [4.69, 9.17) is 0 Å². The highest BCUT2D eigenvalue weighted by Gasteiger charge is 2.26. The fourth-order valence-electron chi connectivity index (χ4n) is 3.79. The molecule has 4 rings (SSSR count). The zero-order valence-corrected chi connectivity index (χ0v) is 16.6. The lowest BCUT2D eigenvalue weighted by atomic mass is 9.91. The number of amides is 1. The lowest BCUT2D eigenvalue weighted by Gasteiger charge is -2.28. The standard InChI is InChI=1S/C21H24N6O2/c1-14-12-13-26(2)21(29)18(14)20(28)22-16-8-10-17(11-9-16)27-24-19(23-25-27)15-6-4-3-5-7-15/h3-7,12-13,16-17H,8-11H2,1-2H3,(H,22,28). The summed E-state index contributed by atoms with van der Waals surface area (Å²) in [4.78, 5) is 26.7. The number of benzene rings is 1. The molecular formula is C21H24N6O2. The molecule has 0 spiro atoms. The molecule has 0 unspecified atom stereocenters. The first kappa shape index (κ1) is 19.0. The minimum atomic E-state index is -0.294. The van der Waals surface area contributed by atoms with Gasteiger partial charge in [0, 0.05) is 24.8 Å². The third-order valence-electron chi connectivity index (χ3n) is 5.52. The molecule has 0 bridgehead atoms. The molecule has 1 aliphatic rings. The summed E-state index contributed by atoms with van der Waals surface area (Å²) in [6.45, 7) is 1.79. The normalized spacial score (nSPS) is 19.1. The van der Waals surface area contributed by atoms with E-state index in [1.54, 1.807) is 31.0 Å². The van der Waals surface area contributed by atoms with Gasteiger partial charge in [-0.3, -0.25) is 9.59 Å². The van der Waals surface area contributed by atoms with E-state index in [1.807, 2.05) is 30.3 Å². The third kappa shape index (κ3) is 3.96. The number of carbonyl (C=O) groups is 1. The van der Waals surface area contributed by atoms with E-state index in [0.717, 1.165) is 31.2 Å². The van der Waals surface area contributed by atoms with Crippen LogP contribution in [0.1, 0.15) is 47.6 Å². The van der Waals surface area contributed by atoms with E-state index in [1.165, 1.54) is 4.57 Å². The van der Waals surface area contributed by atoms with Crippen LogP contribution in [0.15, 0.2) is 47.4 Å². The van der Waals surface area contributed by atoms with Crippen molar-refractivity contribution in [3.05, 3.63) is 64.1 Å². The Labute approximate surface area is 168 Å². The molecule has 29 heavy (non-hydrogen) atoms. The molecular weight excluding hydrogens is 368 g/mol. The van der Waals surface area contributed by atoms with Gasteiger partial charge in [-0.25, -0.2) is 0 Å². The topological polar surface area (TPSA) is 94.7 Å². The van der Waals surface area contributed by atoms with Crippen molar-refractivity contribution in [2.24, 2.45) is 7.05 Å². The van der Waals surface area contributed by atoms with Crippen molar-refractivity contribution in [1.29, 1.82) is 0 Å². The summed E-state index contributed by atoms with van der Waals surface area (Å²) in [6.07, 6.45) is 4.99. The summed E-state index contributed by atoms with van der Waals surface area (Å²) in [7, 11) is 1.65. The highest BCUT2D eigenvalue weighted by molar-refractivity contribution is 5.95. The maximum atomic E-state index is 12.7. The van der Waals surface area contributed by atoms with Crippen LogP contribution in [0.25, 0.3) is 11.4 Å². The van der Waals surface area contributed by atoms with Crippen molar-refractivity contribution in [1.82, 2.24) is 30.1 Å². The molecule has 2 heterocycles. The summed E-state index contributed by atoms with van der Waals surface area (Å²) in [6, 6.07) is 11.8. The number of nitrogens with one attached hydrogen (secondary N) is 1. The van der Waals surface area contributed by atoms with Gasteiger partial charge in [-0.05, 0) is 49.5 Å². The number of pyridine rings is 1. The van der Waals surface area contributed by atoms with Crippen molar-refractivity contribution in [3.8, 4) is 11.4 Å². The molecule has 8 heteroatoms. The zero-order chi connectivity index (χ0) is 20.4. The Bertz CT molecular complexity index is 1060. The van der Waals surface area contributed by atoms with Gasteiger partial charge in [0.05, 0.1) is 6.04 Å². The van der Waals surface area contributed by atoms with Crippen LogP contribution in [-0.2, 0) is 7.05 Å². The van der Waals surface area contributed by atoms with Crippen molar-refractivity contribution in [2.45, 2.75) is 44.7 Å². The smallest absolute Gasteiger partial charge is 0.263 e. The fraction of sp³-hybridized carbons (Fsp3) is 0.381. The van der Waals surface area contributed by atoms with Crippen LogP contribution in [0.5, 0.6) is 0 Å². The van der Waals surface area contributed by atoms with E-state index in [9.17, 15) is 9.59 Å². The minimum absolute atomic E-state index is 0.0418. The lowest BCUT2D eigenvalue weighted by Crippen LogP contribution is -2.41. The van der Waals surface area contributed by atoms with Gasteiger partial charge in [-0.2, -0.15) is 4.80 Å². The van der Waals surface area contributed by atoms with Gasteiger partial charge in [-0.1, -0.05) is 30.3 Å². The molecule has 0 aliphatic heterocycles. The van der Waals surface area contributed by atoms with Crippen molar-refractivity contribution >= 4 is 5.91 Å². The summed E-state index contributed by atoms with van der Waals surface area (Å²) in [5, 5.41) is 16.0. The lowest BCUT2D eigenvalue weighted by molar-refractivity contribution is 0.0917. The van der Waals surface area contributed by atoms with Crippen molar-refractivity contribution < 1.29 is 4.79 Å². The molecule has 1 aliphatic carbocycles. The summed E-state index contributed by atoms with van der Waals surface area (Å²) in [5.41, 5.74) is 1.60. The molecule has 0 saturated heterocycles. The maximum Gasteiger partial charge on any atom is 0.263 e. The Morgan fingerprint density at radius 1 is 1.10 bits per heavy atom. The SMILES string of the molecule is Cc1ccn(C)c(=O)c1C(=O)NC1CCC(n2nnc(-c3ccccc3)n2)CC1. The molecule has 0 radical (unpaired) electrons. The van der Waals surface area contributed by atoms with E-state index in [-0.39, 0.29) is 29.1 Å². The monoisotopic (exact) mass is 392 g/mol. The van der Waals surface area contributed by atoms with E-state index in [0.29, 0.717) is 11.4 Å². The van der Waals surface area contributed by atoms with Gasteiger partial charge >= 0.3 is 0 Å². The number of hydrogen-bond acceptors (Lipinski definition) is 5. The molecule has 1 saturated carbocycles. The Morgan fingerprint density at radius 2 is 1.83 bits per heavy atom. The Kier molecular flexibility index (Phi) is 5.24. The largest absolute Gasteiger partial charge is 0.349 e. The van der Waals surface area contributed by atoms with Crippen LogP contribution in [0.2, 0.25) is 0 Å². The number of tetrazole rings is 1. The summed E-state index contributed by atoms with van der Waals surface area (Å²) >= 11 is 0. The second-order valence-corrected chi connectivity index (χ2v) is 7.57. The van der Waals surface area contributed by atoms with Gasteiger partial charge in [0.1, 0.15) is 5.56 Å².